The van der Waals surface area contributed by atoms with Gasteiger partial charge in [0, 0.05) is 11.8 Å². The third-order valence-corrected chi connectivity index (χ3v) is 3.98. The number of nitrogens with zero attached hydrogens (tertiary/aromatic N) is 1. The fourth-order valence-corrected chi connectivity index (χ4v) is 2.62. The first kappa shape index (κ1) is 17.5. The molecule has 0 bridgehead atoms. The summed E-state index contributed by atoms with van der Waals surface area (Å²) in [4.78, 5) is 28.9. The Morgan fingerprint density at radius 1 is 1.08 bits per heavy atom. The third kappa shape index (κ3) is 4.03. The van der Waals surface area contributed by atoms with E-state index in [4.69, 9.17) is 4.74 Å². The van der Waals surface area contributed by atoms with E-state index >= 15 is 0 Å². The molecule has 0 aliphatic carbocycles. The monoisotopic (exact) mass is 352 g/mol. The summed E-state index contributed by atoms with van der Waals surface area (Å²) in [6.45, 7) is 0. The first-order valence-electron chi connectivity index (χ1n) is 8.06. The zero-order valence-electron chi connectivity index (χ0n) is 14.1. The number of nitrogens with one attached hydrogen (secondary N) is 1. The molecule has 26 heavy (non-hydrogen) atoms. The molecule has 5 nitrogen and oxygen atoms in total. The number of pyridine rings is 1. The number of methoxy groups -OCH3 is 1. The molecule has 0 fully saturated rings. The number of halogens is 1. The molecule has 3 rings (SSSR count). The topological polar surface area (TPSA) is 68.3 Å². The number of hydrogen-bond acceptors (Lipinski definition) is 4. The number of carbonyl (C=O) groups excluding carboxylic acids is 2. The molecule has 6 heteroatoms. The number of fused-ring (bicyclic) bond motifs is 1. The maximum atomic E-state index is 13.0. The summed E-state index contributed by atoms with van der Waals surface area (Å²) in [6.07, 6.45) is 0.187. The molecular weight excluding hydrogens is 335 g/mol. The molecular formula is C20H17FN2O3. The number of benzene rings is 2. The minimum Gasteiger partial charge on any atom is -0.467 e. The summed E-state index contributed by atoms with van der Waals surface area (Å²) in [5.74, 6) is -1.43. The van der Waals surface area contributed by atoms with Crippen LogP contribution in [0.5, 0.6) is 0 Å². The van der Waals surface area contributed by atoms with Crippen molar-refractivity contribution in [3.63, 3.8) is 0 Å². The van der Waals surface area contributed by atoms with Crippen LogP contribution >= 0.6 is 0 Å². The Morgan fingerprint density at radius 2 is 1.81 bits per heavy atom. The molecule has 0 saturated heterocycles. The second kappa shape index (κ2) is 7.74. The number of amides is 1. The van der Waals surface area contributed by atoms with E-state index in [1.165, 1.54) is 19.2 Å². The molecule has 0 spiro atoms. The van der Waals surface area contributed by atoms with Gasteiger partial charge in [0.2, 0.25) is 0 Å². The summed E-state index contributed by atoms with van der Waals surface area (Å²) in [6, 6.07) is 15.7. The molecule has 2 aromatic carbocycles. The van der Waals surface area contributed by atoms with E-state index in [-0.39, 0.29) is 17.9 Å². The first-order valence-corrected chi connectivity index (χ1v) is 8.06. The maximum absolute atomic E-state index is 13.0. The van der Waals surface area contributed by atoms with Gasteiger partial charge < -0.3 is 10.1 Å². The van der Waals surface area contributed by atoms with Crippen LogP contribution in [0, 0.1) is 5.82 Å². The summed E-state index contributed by atoms with van der Waals surface area (Å²) < 4.78 is 17.8. The van der Waals surface area contributed by atoms with Crippen molar-refractivity contribution in [2.75, 3.05) is 7.11 Å². The van der Waals surface area contributed by atoms with Crippen molar-refractivity contribution in [1.82, 2.24) is 10.3 Å². The van der Waals surface area contributed by atoms with Gasteiger partial charge in [-0.3, -0.25) is 4.79 Å². The summed E-state index contributed by atoms with van der Waals surface area (Å²) in [5, 5.41) is 3.56. The number of carbonyl (C=O) groups is 2. The van der Waals surface area contributed by atoms with E-state index in [1.54, 1.807) is 24.3 Å². The predicted octanol–water partition coefficient (Wildman–Crippen LogP) is 2.89. The standard InChI is InChI=1S/C20H17FN2O3/c1-26-20(25)18(12-13-6-9-15(21)10-7-13)23-19(24)17-11-8-14-4-2-3-5-16(14)22-17/h2-11,18H,12H2,1H3,(H,23,24)/t18-/m1/s1. The van der Waals surface area contributed by atoms with E-state index in [0.29, 0.717) is 11.1 Å². The number of para-hydroxylation sites is 1. The molecule has 0 unspecified atom stereocenters. The highest BCUT2D eigenvalue weighted by Gasteiger charge is 2.23. The van der Waals surface area contributed by atoms with E-state index in [9.17, 15) is 14.0 Å². The minimum absolute atomic E-state index is 0.187. The van der Waals surface area contributed by atoms with Crippen LogP contribution in [0.3, 0.4) is 0 Å². The van der Waals surface area contributed by atoms with Crippen LogP contribution in [0.1, 0.15) is 16.1 Å². The van der Waals surface area contributed by atoms with E-state index in [0.717, 1.165) is 5.39 Å². The van der Waals surface area contributed by atoms with Gasteiger partial charge in [-0.2, -0.15) is 0 Å². The lowest BCUT2D eigenvalue weighted by molar-refractivity contribution is -0.142. The van der Waals surface area contributed by atoms with Crippen molar-refractivity contribution >= 4 is 22.8 Å². The molecule has 1 atom stereocenters. The van der Waals surface area contributed by atoms with Crippen LogP contribution in [-0.2, 0) is 16.0 Å². The van der Waals surface area contributed by atoms with E-state index in [1.807, 2.05) is 24.3 Å². The number of rotatable bonds is 5. The fourth-order valence-electron chi connectivity index (χ4n) is 2.62. The van der Waals surface area contributed by atoms with Gasteiger partial charge in [0.1, 0.15) is 17.6 Å². The van der Waals surface area contributed by atoms with Crippen molar-refractivity contribution in [2.45, 2.75) is 12.5 Å². The molecule has 1 amide bonds. The fraction of sp³-hybridized carbons (Fsp3) is 0.150. The Morgan fingerprint density at radius 3 is 2.54 bits per heavy atom. The molecule has 0 saturated carbocycles. The van der Waals surface area contributed by atoms with Gasteiger partial charge in [-0.05, 0) is 29.8 Å². The van der Waals surface area contributed by atoms with Gasteiger partial charge in [-0.25, -0.2) is 14.2 Å². The highest BCUT2D eigenvalue weighted by atomic mass is 19.1. The molecule has 0 aliphatic rings. The number of aromatic nitrogens is 1. The lowest BCUT2D eigenvalue weighted by atomic mass is 10.1. The van der Waals surface area contributed by atoms with Crippen LogP contribution in [0.4, 0.5) is 4.39 Å². The number of hydrogen-bond donors (Lipinski definition) is 1. The molecule has 0 aliphatic heterocycles. The summed E-state index contributed by atoms with van der Waals surface area (Å²) in [5.41, 5.74) is 1.60. The second-order valence-corrected chi connectivity index (χ2v) is 5.77. The zero-order chi connectivity index (χ0) is 18.5. The van der Waals surface area contributed by atoms with Crippen molar-refractivity contribution in [2.24, 2.45) is 0 Å². The van der Waals surface area contributed by atoms with Crippen LogP contribution < -0.4 is 5.32 Å². The summed E-state index contributed by atoms with van der Waals surface area (Å²) in [7, 11) is 1.25. The Hall–Kier alpha value is -3.28. The molecule has 1 heterocycles. The largest absolute Gasteiger partial charge is 0.467 e. The number of ether oxygens (including phenoxy) is 1. The van der Waals surface area contributed by atoms with Crippen LogP contribution in [-0.4, -0.2) is 30.0 Å². The van der Waals surface area contributed by atoms with Gasteiger partial charge in [0.25, 0.3) is 5.91 Å². The lowest BCUT2D eigenvalue weighted by Gasteiger charge is -2.16. The molecule has 0 radical (unpaired) electrons. The Bertz CT molecular complexity index is 941. The van der Waals surface area contributed by atoms with Crippen molar-refractivity contribution < 1.29 is 18.7 Å². The van der Waals surface area contributed by atoms with Gasteiger partial charge in [-0.15, -0.1) is 0 Å². The average molecular weight is 352 g/mol. The maximum Gasteiger partial charge on any atom is 0.328 e. The van der Waals surface area contributed by atoms with Gasteiger partial charge in [-0.1, -0.05) is 36.4 Å². The van der Waals surface area contributed by atoms with Crippen molar-refractivity contribution in [3.8, 4) is 0 Å². The third-order valence-electron chi connectivity index (χ3n) is 3.98. The Labute approximate surface area is 149 Å². The second-order valence-electron chi connectivity index (χ2n) is 5.77. The lowest BCUT2D eigenvalue weighted by Crippen LogP contribution is -2.43. The predicted molar refractivity (Wildman–Crippen MR) is 95.1 cm³/mol. The quantitative estimate of drug-likeness (QED) is 0.717. The Balaban J connectivity index is 1.79. The van der Waals surface area contributed by atoms with Crippen LogP contribution in [0.2, 0.25) is 0 Å². The first-order chi connectivity index (χ1) is 12.6. The highest BCUT2D eigenvalue weighted by Crippen LogP contribution is 2.12. The highest BCUT2D eigenvalue weighted by molar-refractivity contribution is 5.97. The van der Waals surface area contributed by atoms with Gasteiger partial charge >= 0.3 is 5.97 Å². The van der Waals surface area contributed by atoms with Crippen molar-refractivity contribution in [3.05, 3.63) is 77.7 Å². The van der Waals surface area contributed by atoms with Crippen LogP contribution in [0.25, 0.3) is 10.9 Å². The molecule has 1 N–H and O–H groups in total. The van der Waals surface area contributed by atoms with E-state index in [2.05, 4.69) is 10.3 Å². The smallest absolute Gasteiger partial charge is 0.328 e. The van der Waals surface area contributed by atoms with Crippen LogP contribution in [0.15, 0.2) is 60.7 Å². The summed E-state index contributed by atoms with van der Waals surface area (Å²) >= 11 is 0. The molecule has 1 aromatic heterocycles. The Kier molecular flexibility index (Phi) is 5.22. The average Bonchev–Trinajstić information content (AvgIpc) is 2.68. The number of esters is 1. The molecule has 3 aromatic rings. The van der Waals surface area contributed by atoms with Gasteiger partial charge in [0.15, 0.2) is 0 Å². The molecule has 132 valence electrons. The van der Waals surface area contributed by atoms with Crippen molar-refractivity contribution in [1.29, 1.82) is 0 Å². The van der Waals surface area contributed by atoms with E-state index < -0.39 is 17.9 Å². The zero-order valence-corrected chi connectivity index (χ0v) is 14.1. The van der Waals surface area contributed by atoms with Gasteiger partial charge in [0.05, 0.1) is 12.6 Å². The minimum atomic E-state index is -0.897. The normalized spacial score (nSPS) is 11.8. The SMILES string of the molecule is COC(=O)[C@@H](Cc1ccc(F)cc1)NC(=O)c1ccc2ccccc2n1.